The molecule has 0 amide bonds. The smallest absolute Gasteiger partial charge is 0.225 e. The van der Waals surface area contributed by atoms with Crippen LogP contribution in [0.3, 0.4) is 0 Å². The molecule has 6 heteroatoms. The molecule has 5 heterocycles. The van der Waals surface area contributed by atoms with Gasteiger partial charge in [0.2, 0.25) is 5.95 Å². The van der Waals surface area contributed by atoms with Gasteiger partial charge in [-0.25, -0.2) is 9.97 Å². The highest BCUT2D eigenvalue weighted by Gasteiger charge is 2.42. The van der Waals surface area contributed by atoms with Crippen LogP contribution < -0.4 is 15.1 Å². The number of nitrogens with one attached hydrogen (secondary N) is 1. The molecule has 0 radical (unpaired) electrons. The molecule has 3 aliphatic rings. The molecular weight excluding hydrogens is 468 g/mol. The van der Waals surface area contributed by atoms with E-state index in [4.69, 9.17) is 4.98 Å². The Kier molecular flexibility index (Phi) is 6.75. The molecule has 38 heavy (non-hydrogen) atoms. The molecule has 0 aliphatic carbocycles. The van der Waals surface area contributed by atoms with E-state index in [9.17, 15) is 0 Å². The van der Waals surface area contributed by atoms with Gasteiger partial charge in [0.25, 0.3) is 0 Å². The van der Waals surface area contributed by atoms with Gasteiger partial charge in [-0.3, -0.25) is 4.98 Å². The lowest BCUT2D eigenvalue weighted by molar-refractivity contribution is 0.415. The number of piperidine rings is 1. The number of pyridine rings is 1. The van der Waals surface area contributed by atoms with Gasteiger partial charge in [0, 0.05) is 43.4 Å². The van der Waals surface area contributed by atoms with Gasteiger partial charge in [0.05, 0.1) is 23.3 Å². The third-order valence-electron chi connectivity index (χ3n) is 8.31. The summed E-state index contributed by atoms with van der Waals surface area (Å²) in [5, 5.41) is 3.85. The molecule has 1 fully saturated rings. The Hall–Kier alpha value is -3.51. The number of aromatic nitrogens is 3. The number of anilines is 2. The molecular formula is C32H38N6. The highest BCUT2D eigenvalue weighted by Crippen LogP contribution is 2.49. The summed E-state index contributed by atoms with van der Waals surface area (Å²) in [6, 6.07) is 9.61. The highest BCUT2D eigenvalue weighted by molar-refractivity contribution is 5.71. The summed E-state index contributed by atoms with van der Waals surface area (Å²) in [5.41, 5.74) is 10.5. The van der Waals surface area contributed by atoms with E-state index in [0.29, 0.717) is 6.04 Å². The molecule has 2 unspecified atom stereocenters. The number of fused-ring (bicyclic) bond motifs is 3. The van der Waals surface area contributed by atoms with Crippen molar-refractivity contribution in [3.8, 4) is 0 Å². The van der Waals surface area contributed by atoms with E-state index < -0.39 is 0 Å². The fraction of sp³-hybridized carbons (Fsp3) is 0.406. The van der Waals surface area contributed by atoms with Crippen LogP contribution in [-0.4, -0.2) is 46.7 Å². The number of hydrogen-bond donors (Lipinski definition) is 1. The predicted octanol–water partition coefficient (Wildman–Crippen LogP) is 5.31. The molecule has 1 N–H and O–H groups in total. The number of aryl methyl sites for hydroxylation is 4. The van der Waals surface area contributed by atoms with Crippen molar-refractivity contribution in [2.75, 3.05) is 29.4 Å². The van der Waals surface area contributed by atoms with Crippen LogP contribution in [0.4, 0.5) is 11.6 Å². The number of nitrogens with zero attached hydrogens (tertiary/aromatic N) is 5. The minimum Gasteiger partial charge on any atom is -0.341 e. The first-order chi connectivity index (χ1) is 18.5. The fourth-order valence-corrected chi connectivity index (χ4v) is 6.77. The van der Waals surface area contributed by atoms with Gasteiger partial charge < -0.3 is 15.1 Å². The van der Waals surface area contributed by atoms with Crippen LogP contribution in [0, 0.1) is 27.7 Å². The third-order valence-corrected chi connectivity index (χ3v) is 8.31. The predicted molar refractivity (Wildman–Crippen MR) is 155 cm³/mol. The molecule has 0 spiro atoms. The number of allylic oxidation sites excluding steroid dienone is 2. The lowest BCUT2D eigenvalue weighted by Crippen LogP contribution is -2.43. The monoisotopic (exact) mass is 506 g/mol. The van der Waals surface area contributed by atoms with Crippen molar-refractivity contribution in [1.82, 2.24) is 20.3 Å². The van der Waals surface area contributed by atoms with Crippen molar-refractivity contribution in [3.63, 3.8) is 0 Å². The molecule has 6 rings (SSSR count). The molecule has 2 atom stereocenters. The molecule has 196 valence electrons. The Labute approximate surface area is 226 Å². The van der Waals surface area contributed by atoms with Crippen LogP contribution in [-0.2, 0) is 6.42 Å². The van der Waals surface area contributed by atoms with Crippen molar-refractivity contribution in [2.24, 2.45) is 0 Å². The van der Waals surface area contributed by atoms with Crippen LogP contribution in [0.25, 0.3) is 0 Å². The maximum Gasteiger partial charge on any atom is 0.225 e. The van der Waals surface area contributed by atoms with E-state index in [-0.39, 0.29) is 12.0 Å². The van der Waals surface area contributed by atoms with Crippen LogP contribution in [0.2, 0.25) is 0 Å². The summed E-state index contributed by atoms with van der Waals surface area (Å²) >= 11 is 0. The first-order valence-corrected chi connectivity index (χ1v) is 14.0. The van der Waals surface area contributed by atoms with Gasteiger partial charge in [0.1, 0.15) is 0 Å². The van der Waals surface area contributed by atoms with Crippen molar-refractivity contribution >= 4 is 11.6 Å². The average molecular weight is 507 g/mol. The van der Waals surface area contributed by atoms with E-state index in [1.165, 1.54) is 39.2 Å². The Morgan fingerprint density at radius 1 is 0.947 bits per heavy atom. The van der Waals surface area contributed by atoms with Crippen molar-refractivity contribution in [2.45, 2.75) is 65.0 Å². The second-order valence-electron chi connectivity index (χ2n) is 11.1. The first kappa shape index (κ1) is 24.8. The molecule has 0 saturated carbocycles. The second kappa shape index (κ2) is 10.3. The summed E-state index contributed by atoms with van der Waals surface area (Å²) in [7, 11) is 0. The molecule has 1 saturated heterocycles. The van der Waals surface area contributed by atoms with Crippen LogP contribution in [0.15, 0.2) is 61.1 Å². The molecule has 2 aromatic heterocycles. The SMILES string of the molecule is Cc1cc(C)c(C2c3nc(C)cc(CCNC4CCN(c5ncccn5)CC4)c3N3C=CC=CC23)c(C)c1. The molecule has 1 aromatic carbocycles. The normalized spacial score (nSPS) is 20.6. The maximum absolute atomic E-state index is 5.19. The van der Waals surface area contributed by atoms with Crippen molar-refractivity contribution in [1.29, 1.82) is 0 Å². The highest BCUT2D eigenvalue weighted by atomic mass is 15.3. The van der Waals surface area contributed by atoms with E-state index >= 15 is 0 Å². The minimum atomic E-state index is 0.239. The summed E-state index contributed by atoms with van der Waals surface area (Å²) in [5.74, 6) is 1.09. The Morgan fingerprint density at radius 2 is 1.68 bits per heavy atom. The summed E-state index contributed by atoms with van der Waals surface area (Å²) < 4.78 is 0. The van der Waals surface area contributed by atoms with Crippen molar-refractivity contribution < 1.29 is 0 Å². The lowest BCUT2D eigenvalue weighted by atomic mass is 9.83. The Bertz CT molecular complexity index is 1350. The van der Waals surface area contributed by atoms with E-state index in [1.54, 1.807) is 0 Å². The first-order valence-electron chi connectivity index (χ1n) is 14.0. The van der Waals surface area contributed by atoms with E-state index in [0.717, 1.165) is 50.5 Å². The zero-order valence-electron chi connectivity index (χ0n) is 23.0. The van der Waals surface area contributed by atoms with Gasteiger partial charge in [-0.05, 0) is 94.0 Å². The van der Waals surface area contributed by atoms with Gasteiger partial charge in [-0.1, -0.05) is 29.8 Å². The zero-order chi connectivity index (χ0) is 26.2. The lowest BCUT2D eigenvalue weighted by Gasteiger charge is -2.32. The standard InChI is InChI=1S/C32H38N6/c1-21-18-22(2)28(23(3)19-21)29-27-8-5-6-15-38(27)31-25(20-24(4)36-30(29)31)9-14-33-26-10-16-37(17-11-26)32-34-12-7-13-35-32/h5-8,12-13,15,18-20,26-27,29,33H,9-11,14,16-17H2,1-4H3. The molecule has 3 aromatic rings. The summed E-state index contributed by atoms with van der Waals surface area (Å²) in [4.78, 5) is 18.8. The quantitative estimate of drug-likeness (QED) is 0.489. The van der Waals surface area contributed by atoms with E-state index in [1.807, 2.05) is 18.5 Å². The van der Waals surface area contributed by atoms with Gasteiger partial charge in [-0.2, -0.15) is 0 Å². The number of hydrogen-bond acceptors (Lipinski definition) is 6. The van der Waals surface area contributed by atoms with E-state index in [2.05, 4.69) is 95.4 Å². The maximum atomic E-state index is 5.19. The van der Waals surface area contributed by atoms with Crippen LogP contribution in [0.1, 0.15) is 58.0 Å². The minimum absolute atomic E-state index is 0.239. The van der Waals surface area contributed by atoms with Gasteiger partial charge in [-0.15, -0.1) is 0 Å². The summed E-state index contributed by atoms with van der Waals surface area (Å²) in [6.07, 6.45) is 15.8. The largest absolute Gasteiger partial charge is 0.341 e. The zero-order valence-corrected chi connectivity index (χ0v) is 23.0. The Morgan fingerprint density at radius 3 is 2.42 bits per heavy atom. The fourth-order valence-electron chi connectivity index (χ4n) is 6.77. The van der Waals surface area contributed by atoms with Crippen molar-refractivity contribution in [3.05, 3.63) is 100 Å². The Balaban J connectivity index is 1.21. The van der Waals surface area contributed by atoms with Gasteiger partial charge in [0.15, 0.2) is 0 Å². The third kappa shape index (κ3) is 4.62. The molecule has 0 bridgehead atoms. The van der Waals surface area contributed by atoms with Crippen LogP contribution in [0.5, 0.6) is 0 Å². The molecule has 6 nitrogen and oxygen atoms in total. The number of benzene rings is 1. The second-order valence-corrected chi connectivity index (χ2v) is 11.1. The number of rotatable bonds is 6. The van der Waals surface area contributed by atoms with Gasteiger partial charge >= 0.3 is 0 Å². The average Bonchev–Trinajstić information content (AvgIpc) is 3.23. The topological polar surface area (TPSA) is 57.2 Å². The van der Waals surface area contributed by atoms with Crippen LogP contribution >= 0.6 is 0 Å². The summed E-state index contributed by atoms with van der Waals surface area (Å²) in [6.45, 7) is 11.8. The molecule has 3 aliphatic heterocycles.